The third-order valence-corrected chi connectivity index (χ3v) is 5.60. The number of nitrogens with zero attached hydrogens (tertiary/aromatic N) is 3. The molecule has 1 aliphatic rings. The highest BCUT2D eigenvalue weighted by molar-refractivity contribution is 5.40. The molecule has 140 valence electrons. The van der Waals surface area contributed by atoms with Crippen molar-refractivity contribution in [2.45, 2.75) is 51.9 Å². The van der Waals surface area contributed by atoms with E-state index in [0.717, 1.165) is 56.7 Å². The van der Waals surface area contributed by atoms with Crippen LogP contribution in [0.2, 0.25) is 0 Å². The van der Waals surface area contributed by atoms with Crippen LogP contribution in [0.1, 0.15) is 56.7 Å². The third kappa shape index (κ3) is 4.61. The van der Waals surface area contributed by atoms with Crippen molar-refractivity contribution in [3.63, 3.8) is 0 Å². The number of aryl methyl sites for hydroxylation is 1. The molecule has 1 fully saturated rings. The maximum Gasteiger partial charge on any atom is 0.132 e. The van der Waals surface area contributed by atoms with E-state index in [1.807, 2.05) is 0 Å². The summed E-state index contributed by atoms with van der Waals surface area (Å²) >= 11 is 0. The molecule has 0 unspecified atom stereocenters. The fourth-order valence-electron chi connectivity index (χ4n) is 3.98. The van der Waals surface area contributed by atoms with Crippen molar-refractivity contribution >= 4 is 5.82 Å². The Labute approximate surface area is 157 Å². The predicted octanol–water partition coefficient (Wildman–Crippen LogP) is 4.20. The second-order valence-electron chi connectivity index (χ2n) is 7.98. The first kappa shape index (κ1) is 18.8. The van der Waals surface area contributed by atoms with Crippen molar-refractivity contribution < 1.29 is 5.11 Å². The van der Waals surface area contributed by atoms with E-state index in [2.05, 4.69) is 65.1 Å². The normalized spacial score (nSPS) is 20.5. The van der Waals surface area contributed by atoms with E-state index in [9.17, 15) is 5.11 Å². The molecule has 26 heavy (non-hydrogen) atoms. The minimum absolute atomic E-state index is 0.0179. The van der Waals surface area contributed by atoms with Gasteiger partial charge in [0.05, 0.1) is 6.61 Å². The van der Waals surface area contributed by atoms with E-state index < -0.39 is 0 Å². The van der Waals surface area contributed by atoms with E-state index in [1.165, 1.54) is 5.56 Å². The van der Waals surface area contributed by atoms with Gasteiger partial charge in [0.2, 0.25) is 0 Å². The van der Waals surface area contributed by atoms with Crippen LogP contribution in [0, 0.1) is 5.41 Å². The fourth-order valence-corrected chi connectivity index (χ4v) is 3.98. The lowest BCUT2D eigenvalue weighted by Crippen LogP contribution is -2.46. The van der Waals surface area contributed by atoms with Crippen LogP contribution in [0.3, 0.4) is 0 Å². The quantitative estimate of drug-likeness (QED) is 0.810. The highest BCUT2D eigenvalue weighted by atomic mass is 16.3. The average Bonchev–Trinajstić information content (AvgIpc) is 2.69. The van der Waals surface area contributed by atoms with Gasteiger partial charge in [-0.05, 0) is 43.6 Å². The molecule has 4 nitrogen and oxygen atoms in total. The Bertz CT molecular complexity index is 689. The number of rotatable bonds is 7. The van der Waals surface area contributed by atoms with Crippen LogP contribution in [0.4, 0.5) is 5.82 Å². The highest BCUT2D eigenvalue weighted by Crippen LogP contribution is 2.36. The molecule has 4 heteroatoms. The molecule has 0 amide bonds. The molecule has 1 aliphatic heterocycles. The lowest BCUT2D eigenvalue weighted by Gasteiger charge is -2.42. The van der Waals surface area contributed by atoms with Crippen LogP contribution in [-0.2, 0) is 6.42 Å². The molecule has 0 saturated carbocycles. The van der Waals surface area contributed by atoms with Crippen molar-refractivity contribution in [1.82, 2.24) is 9.97 Å². The molecule has 0 bridgehead atoms. The zero-order valence-corrected chi connectivity index (χ0v) is 16.1. The van der Waals surface area contributed by atoms with Gasteiger partial charge in [-0.15, -0.1) is 0 Å². The molecule has 3 rings (SSSR count). The maximum atomic E-state index is 10.2. The van der Waals surface area contributed by atoms with Crippen molar-refractivity contribution in [3.05, 3.63) is 54.0 Å². The molecule has 1 aromatic carbocycles. The van der Waals surface area contributed by atoms with Crippen molar-refractivity contribution in [2.75, 3.05) is 24.6 Å². The summed E-state index contributed by atoms with van der Waals surface area (Å²) in [6, 6.07) is 12.7. The number of hydrogen-bond acceptors (Lipinski definition) is 4. The van der Waals surface area contributed by atoms with E-state index in [4.69, 9.17) is 0 Å². The molecule has 1 saturated heterocycles. The minimum atomic E-state index is -0.0179. The predicted molar refractivity (Wildman–Crippen MR) is 106 cm³/mol. The van der Waals surface area contributed by atoms with Gasteiger partial charge in [-0.25, -0.2) is 9.97 Å². The highest BCUT2D eigenvalue weighted by Gasteiger charge is 2.35. The molecular weight excluding hydrogens is 322 g/mol. The smallest absolute Gasteiger partial charge is 0.132 e. The number of benzene rings is 1. The number of aliphatic hydroxyl groups is 1. The second-order valence-corrected chi connectivity index (χ2v) is 7.98. The monoisotopic (exact) mass is 353 g/mol. The molecule has 1 atom stereocenters. The zero-order chi connectivity index (χ0) is 18.4. The fraction of sp³-hybridized carbons (Fsp3) is 0.545. The van der Waals surface area contributed by atoms with Gasteiger partial charge in [-0.2, -0.15) is 0 Å². The largest absolute Gasteiger partial charge is 0.396 e. The summed E-state index contributed by atoms with van der Waals surface area (Å²) in [5, 5.41) is 10.2. The van der Waals surface area contributed by atoms with Gasteiger partial charge in [0, 0.05) is 30.3 Å². The average molecular weight is 354 g/mol. The number of aliphatic hydroxyl groups excluding tert-OH is 1. The van der Waals surface area contributed by atoms with Gasteiger partial charge in [0.15, 0.2) is 0 Å². The Balaban J connectivity index is 1.65. The zero-order valence-electron chi connectivity index (χ0n) is 16.1. The lowest BCUT2D eigenvalue weighted by molar-refractivity contribution is 0.0938. The number of hydrogen-bond donors (Lipinski definition) is 1. The Morgan fingerprint density at radius 3 is 2.73 bits per heavy atom. The summed E-state index contributed by atoms with van der Waals surface area (Å²) < 4.78 is 0. The lowest BCUT2D eigenvalue weighted by atomic mass is 9.76. The van der Waals surface area contributed by atoms with Crippen molar-refractivity contribution in [2.24, 2.45) is 5.41 Å². The SMILES string of the molecule is CC(C)c1cc(N2CCC[C@](CO)(CCCc3ccccc3)C2)ncn1. The number of anilines is 1. The van der Waals surface area contributed by atoms with Gasteiger partial charge in [0.25, 0.3) is 0 Å². The Kier molecular flexibility index (Phi) is 6.25. The second kappa shape index (κ2) is 8.63. The first-order chi connectivity index (χ1) is 12.6. The Hall–Kier alpha value is -1.94. The van der Waals surface area contributed by atoms with E-state index in [1.54, 1.807) is 6.33 Å². The van der Waals surface area contributed by atoms with Crippen molar-refractivity contribution in [3.8, 4) is 0 Å². The first-order valence-corrected chi connectivity index (χ1v) is 9.84. The van der Waals surface area contributed by atoms with E-state index in [-0.39, 0.29) is 12.0 Å². The van der Waals surface area contributed by atoms with Gasteiger partial charge in [-0.1, -0.05) is 44.2 Å². The molecule has 1 N–H and O–H groups in total. The Morgan fingerprint density at radius 2 is 2.00 bits per heavy atom. The molecule has 2 aromatic rings. The standard InChI is InChI=1S/C22H31N3O/c1-18(2)20-14-21(24-17-23-20)25-13-7-12-22(15-25,16-26)11-6-10-19-8-4-3-5-9-19/h3-5,8-9,14,17-18,26H,6-7,10-13,15-16H2,1-2H3/t22-/m1/s1. The van der Waals surface area contributed by atoms with Gasteiger partial charge in [-0.3, -0.25) is 0 Å². The summed E-state index contributed by atoms with van der Waals surface area (Å²) in [5.74, 6) is 1.40. The molecule has 2 heterocycles. The Morgan fingerprint density at radius 1 is 1.19 bits per heavy atom. The maximum absolute atomic E-state index is 10.2. The number of aromatic nitrogens is 2. The van der Waals surface area contributed by atoms with Crippen LogP contribution in [0.15, 0.2) is 42.7 Å². The molecule has 0 spiro atoms. The van der Waals surface area contributed by atoms with Gasteiger partial charge < -0.3 is 10.0 Å². The minimum Gasteiger partial charge on any atom is -0.396 e. The summed E-state index contributed by atoms with van der Waals surface area (Å²) in [5.41, 5.74) is 2.44. The van der Waals surface area contributed by atoms with Crippen LogP contribution >= 0.6 is 0 Å². The summed E-state index contributed by atoms with van der Waals surface area (Å²) in [6.07, 6.45) is 7.11. The first-order valence-electron chi connectivity index (χ1n) is 9.84. The van der Waals surface area contributed by atoms with E-state index in [0.29, 0.717) is 5.92 Å². The summed E-state index contributed by atoms with van der Waals surface area (Å²) in [4.78, 5) is 11.2. The molecule has 1 aromatic heterocycles. The number of piperidine rings is 1. The van der Waals surface area contributed by atoms with Gasteiger partial charge >= 0.3 is 0 Å². The third-order valence-electron chi connectivity index (χ3n) is 5.60. The summed E-state index contributed by atoms with van der Waals surface area (Å²) in [6.45, 7) is 6.45. The van der Waals surface area contributed by atoms with Crippen LogP contribution in [0.5, 0.6) is 0 Å². The van der Waals surface area contributed by atoms with Crippen LogP contribution < -0.4 is 4.90 Å². The van der Waals surface area contributed by atoms with Gasteiger partial charge in [0.1, 0.15) is 12.1 Å². The molecule has 0 radical (unpaired) electrons. The van der Waals surface area contributed by atoms with Crippen molar-refractivity contribution in [1.29, 1.82) is 0 Å². The van der Waals surface area contributed by atoms with E-state index >= 15 is 0 Å². The summed E-state index contributed by atoms with van der Waals surface area (Å²) in [7, 11) is 0. The molecular formula is C22H31N3O. The topological polar surface area (TPSA) is 49.2 Å². The van der Waals surface area contributed by atoms with Crippen LogP contribution in [-0.4, -0.2) is 34.8 Å². The van der Waals surface area contributed by atoms with Crippen LogP contribution in [0.25, 0.3) is 0 Å². The molecule has 0 aliphatic carbocycles.